The molecule has 4 aromatic rings. The molecule has 0 unspecified atom stereocenters. The van der Waals surface area contributed by atoms with Gasteiger partial charge in [-0.1, -0.05) is 129 Å². The number of ether oxygens (including phenoxy) is 1. The number of unbranched alkanes of at least 4 members (excludes halogenated alkanes) is 7. The Morgan fingerprint density at radius 2 is 1.46 bits per heavy atom. The van der Waals surface area contributed by atoms with Crippen LogP contribution in [0.15, 0.2) is 95.4 Å². The van der Waals surface area contributed by atoms with Crippen molar-refractivity contribution in [1.29, 1.82) is 0 Å². The van der Waals surface area contributed by atoms with E-state index in [1.54, 1.807) is 6.07 Å². The lowest BCUT2D eigenvalue weighted by Crippen LogP contribution is -2.46. The van der Waals surface area contributed by atoms with Gasteiger partial charge in [-0.05, 0) is 55.4 Å². The van der Waals surface area contributed by atoms with Gasteiger partial charge in [-0.3, -0.25) is 9.59 Å². The van der Waals surface area contributed by atoms with Crippen molar-refractivity contribution in [3.63, 3.8) is 0 Å². The van der Waals surface area contributed by atoms with E-state index in [-0.39, 0.29) is 25.4 Å². The van der Waals surface area contributed by atoms with Gasteiger partial charge in [0.15, 0.2) is 5.76 Å². The highest BCUT2D eigenvalue weighted by Crippen LogP contribution is 2.32. The van der Waals surface area contributed by atoms with E-state index in [9.17, 15) is 14.4 Å². The lowest BCUT2D eigenvalue weighted by Gasteiger charge is -2.24. The number of carbonyl (C=O) groups excluding carboxylic acids is 3. The van der Waals surface area contributed by atoms with Gasteiger partial charge in [0.05, 0.1) is 6.04 Å². The SMILES string of the molecule is Cc1cccc(-c2cc(C(=O)[C@@H](Cc3ccccc3)C(=O)N3C(=O)OC[C@H]3Cc3ccccc3)oc2CCCCCCCCCCO)c1. The monoisotopic (exact) mass is 649 g/mol. The number of aliphatic hydroxyl groups is 1. The highest BCUT2D eigenvalue weighted by molar-refractivity contribution is 6.12. The molecule has 1 N–H and O–H groups in total. The number of furan rings is 1. The molecule has 0 radical (unpaired) electrons. The number of hydrogen-bond acceptors (Lipinski definition) is 6. The topological polar surface area (TPSA) is 97.1 Å². The zero-order chi connectivity index (χ0) is 33.7. The molecule has 2 atom stereocenters. The summed E-state index contributed by atoms with van der Waals surface area (Å²) in [7, 11) is 0. The Hall–Kier alpha value is -4.49. The molecule has 2 amide bonds. The smallest absolute Gasteiger partial charge is 0.417 e. The van der Waals surface area contributed by atoms with Crippen LogP contribution in [-0.4, -0.2) is 47.0 Å². The fraction of sp³-hybridized carbons (Fsp3) is 0.390. The first-order valence-electron chi connectivity index (χ1n) is 17.4. The Morgan fingerprint density at radius 3 is 2.12 bits per heavy atom. The normalized spacial score (nSPS) is 15.0. The predicted molar refractivity (Wildman–Crippen MR) is 187 cm³/mol. The Bertz CT molecular complexity index is 1630. The van der Waals surface area contributed by atoms with Gasteiger partial charge in [-0.15, -0.1) is 0 Å². The summed E-state index contributed by atoms with van der Waals surface area (Å²) in [6.45, 7) is 2.37. The van der Waals surface area contributed by atoms with Crippen LogP contribution in [0.3, 0.4) is 0 Å². The molecule has 0 spiro atoms. The Labute approximate surface area is 283 Å². The van der Waals surface area contributed by atoms with E-state index < -0.39 is 29.7 Å². The van der Waals surface area contributed by atoms with Gasteiger partial charge in [0.25, 0.3) is 0 Å². The quantitative estimate of drug-likeness (QED) is 0.0659. The Balaban J connectivity index is 1.38. The van der Waals surface area contributed by atoms with Gasteiger partial charge in [-0.2, -0.15) is 0 Å². The van der Waals surface area contributed by atoms with Gasteiger partial charge in [0, 0.05) is 18.6 Å². The maximum absolute atomic E-state index is 14.4. The summed E-state index contributed by atoms with van der Waals surface area (Å²) in [5.41, 5.74) is 4.72. The molecular formula is C41H47NO6. The van der Waals surface area contributed by atoms with Crippen LogP contribution < -0.4 is 0 Å². The maximum Gasteiger partial charge on any atom is 0.417 e. The average Bonchev–Trinajstić information content (AvgIpc) is 3.70. The zero-order valence-corrected chi connectivity index (χ0v) is 27.9. The molecule has 1 saturated heterocycles. The van der Waals surface area contributed by atoms with E-state index in [0.717, 1.165) is 83.4 Å². The molecule has 1 aliphatic rings. The molecule has 7 nitrogen and oxygen atoms in total. The molecule has 48 heavy (non-hydrogen) atoms. The van der Waals surface area contributed by atoms with Crippen molar-refractivity contribution < 1.29 is 28.6 Å². The standard InChI is InChI=1S/C41H47NO6/c1-30-17-16-22-33(25-30)35-28-38(48-37(35)23-14-6-4-2-3-5-7-15-24-43)39(44)36(27-32-20-12-9-13-21-32)40(45)42-34(29-47-41(42)46)26-31-18-10-8-11-19-31/h8-13,16-22,25,28,34,36,43H,2-7,14-15,23-24,26-27,29H2,1H3/t34-,36-/m1/s1. The van der Waals surface area contributed by atoms with Crippen molar-refractivity contribution in [2.24, 2.45) is 5.92 Å². The summed E-state index contributed by atoms with van der Waals surface area (Å²) in [5.74, 6) is -1.30. The molecule has 0 saturated carbocycles. The molecule has 252 valence electrons. The zero-order valence-electron chi connectivity index (χ0n) is 27.9. The second-order valence-electron chi connectivity index (χ2n) is 12.9. The molecule has 1 aliphatic heterocycles. The van der Waals surface area contributed by atoms with E-state index in [4.69, 9.17) is 14.3 Å². The van der Waals surface area contributed by atoms with Crippen molar-refractivity contribution in [3.8, 4) is 11.1 Å². The molecule has 1 fully saturated rings. The summed E-state index contributed by atoms with van der Waals surface area (Å²) in [6, 6.07) is 28.5. The largest absolute Gasteiger partial charge is 0.457 e. The van der Waals surface area contributed by atoms with Gasteiger partial charge >= 0.3 is 6.09 Å². The van der Waals surface area contributed by atoms with Gasteiger partial charge < -0.3 is 14.3 Å². The number of cyclic esters (lactones) is 1. The molecule has 0 aliphatic carbocycles. The minimum atomic E-state index is -1.16. The second kappa shape index (κ2) is 17.6. The highest BCUT2D eigenvalue weighted by atomic mass is 16.6. The fourth-order valence-electron chi connectivity index (χ4n) is 6.50. The number of imide groups is 1. The Kier molecular flexibility index (Phi) is 12.8. The first-order valence-corrected chi connectivity index (χ1v) is 17.4. The molecule has 0 bridgehead atoms. The van der Waals surface area contributed by atoms with Crippen LogP contribution in [-0.2, 0) is 28.8 Å². The summed E-state index contributed by atoms with van der Waals surface area (Å²) in [5, 5.41) is 8.98. The Morgan fingerprint density at radius 1 is 0.812 bits per heavy atom. The molecule has 3 aromatic carbocycles. The number of hydrogen-bond donors (Lipinski definition) is 1. The minimum absolute atomic E-state index is 0.0801. The van der Waals surface area contributed by atoms with E-state index in [0.29, 0.717) is 12.8 Å². The van der Waals surface area contributed by atoms with Crippen molar-refractivity contribution in [2.75, 3.05) is 13.2 Å². The third-order valence-electron chi connectivity index (χ3n) is 9.10. The number of carbonyl (C=O) groups is 3. The lowest BCUT2D eigenvalue weighted by molar-refractivity contribution is -0.131. The van der Waals surface area contributed by atoms with E-state index >= 15 is 0 Å². The predicted octanol–water partition coefficient (Wildman–Crippen LogP) is 8.54. The fourth-order valence-corrected chi connectivity index (χ4v) is 6.50. The average molecular weight is 650 g/mol. The number of amides is 2. The van der Waals surface area contributed by atoms with Crippen LogP contribution in [0.2, 0.25) is 0 Å². The van der Waals surface area contributed by atoms with Crippen molar-refractivity contribution in [2.45, 2.75) is 83.6 Å². The first-order chi connectivity index (χ1) is 23.4. The van der Waals surface area contributed by atoms with Crippen molar-refractivity contribution >= 4 is 17.8 Å². The van der Waals surface area contributed by atoms with E-state index in [2.05, 4.69) is 6.07 Å². The molecule has 5 rings (SSSR count). The van der Waals surface area contributed by atoms with Crippen molar-refractivity contribution in [3.05, 3.63) is 119 Å². The lowest BCUT2D eigenvalue weighted by atomic mass is 9.91. The number of aryl methyl sites for hydroxylation is 2. The van der Waals surface area contributed by atoms with Crippen LogP contribution in [0, 0.1) is 12.8 Å². The number of Topliss-reactive ketones (excluding diaryl/α,β-unsaturated/α-hetero) is 1. The summed E-state index contributed by atoms with van der Waals surface area (Å²) in [4.78, 5) is 42.8. The number of rotatable bonds is 18. The maximum atomic E-state index is 14.4. The van der Waals surface area contributed by atoms with E-state index in [1.807, 2.05) is 85.8 Å². The summed E-state index contributed by atoms with van der Waals surface area (Å²) < 4.78 is 11.7. The minimum Gasteiger partial charge on any atom is -0.457 e. The number of aliphatic hydroxyl groups excluding tert-OH is 1. The van der Waals surface area contributed by atoms with Crippen LogP contribution >= 0.6 is 0 Å². The van der Waals surface area contributed by atoms with Gasteiger partial charge in [0.1, 0.15) is 18.3 Å². The molecule has 7 heteroatoms. The third kappa shape index (κ3) is 9.32. The van der Waals surface area contributed by atoms with Crippen molar-refractivity contribution in [1.82, 2.24) is 4.90 Å². The molecule has 1 aromatic heterocycles. The second-order valence-corrected chi connectivity index (χ2v) is 12.9. The van der Waals surface area contributed by atoms with E-state index in [1.165, 1.54) is 6.42 Å². The highest BCUT2D eigenvalue weighted by Gasteiger charge is 2.44. The van der Waals surface area contributed by atoms with Crippen LogP contribution in [0.4, 0.5) is 4.79 Å². The number of ketones is 1. The van der Waals surface area contributed by atoms with Gasteiger partial charge in [0.2, 0.25) is 11.7 Å². The van der Waals surface area contributed by atoms with Gasteiger partial charge in [-0.25, -0.2) is 9.69 Å². The number of nitrogens with zero attached hydrogens (tertiary/aromatic N) is 1. The summed E-state index contributed by atoms with van der Waals surface area (Å²) >= 11 is 0. The van der Waals surface area contributed by atoms with Crippen LogP contribution in [0.1, 0.15) is 84.4 Å². The first kappa shape index (κ1) is 34.8. The van der Waals surface area contributed by atoms with Crippen LogP contribution in [0.5, 0.6) is 0 Å². The van der Waals surface area contributed by atoms with Crippen LogP contribution in [0.25, 0.3) is 11.1 Å². The molecular weight excluding hydrogens is 602 g/mol. The number of benzene rings is 3. The third-order valence-corrected chi connectivity index (χ3v) is 9.10. The summed E-state index contributed by atoms with van der Waals surface area (Å²) in [6.07, 6.45) is 9.03. The molecule has 2 heterocycles.